The van der Waals surface area contributed by atoms with Crippen LogP contribution in [0.4, 0.5) is 5.69 Å². The zero-order chi connectivity index (χ0) is 18.7. The molecular weight excluding hydrogens is 330 g/mol. The summed E-state index contributed by atoms with van der Waals surface area (Å²) in [6.45, 7) is 9.02. The van der Waals surface area contributed by atoms with Gasteiger partial charge in [-0.3, -0.25) is 9.59 Å². The summed E-state index contributed by atoms with van der Waals surface area (Å²) in [5.41, 5.74) is 2.80. The topological polar surface area (TPSA) is 61.9 Å². The normalized spacial score (nSPS) is 20.1. The largest absolute Gasteiger partial charge is 0.375 e. The molecule has 2 amide bonds. The zero-order valence-electron chi connectivity index (χ0n) is 16.0. The van der Waals surface area contributed by atoms with Gasteiger partial charge < -0.3 is 19.9 Å². The highest BCUT2D eigenvalue weighted by atomic mass is 16.5. The summed E-state index contributed by atoms with van der Waals surface area (Å²) in [6, 6.07) is 5.91. The Morgan fingerprint density at radius 1 is 1.31 bits per heavy atom. The number of morpholine rings is 1. The number of nitrogens with zero attached hydrogens (tertiary/aromatic N) is 2. The maximum absolute atomic E-state index is 12.7. The van der Waals surface area contributed by atoms with Crippen molar-refractivity contribution >= 4 is 17.5 Å². The van der Waals surface area contributed by atoms with Crippen LogP contribution < -0.4 is 10.2 Å². The summed E-state index contributed by atoms with van der Waals surface area (Å²) in [6.07, 6.45) is 1.91. The van der Waals surface area contributed by atoms with E-state index in [1.165, 1.54) is 0 Å². The second-order valence-corrected chi connectivity index (χ2v) is 7.48. The van der Waals surface area contributed by atoms with Gasteiger partial charge in [0.2, 0.25) is 5.91 Å². The Hall–Kier alpha value is -2.08. The van der Waals surface area contributed by atoms with Crippen LogP contribution in [0.15, 0.2) is 18.2 Å². The minimum atomic E-state index is -0.0352. The number of ether oxygens (including phenoxy) is 1. The summed E-state index contributed by atoms with van der Waals surface area (Å²) in [7, 11) is 0. The first-order valence-electron chi connectivity index (χ1n) is 9.52. The van der Waals surface area contributed by atoms with Crippen LogP contribution in [0.2, 0.25) is 0 Å². The monoisotopic (exact) mass is 359 g/mol. The van der Waals surface area contributed by atoms with E-state index in [2.05, 4.69) is 10.2 Å². The number of hydrogen-bond acceptors (Lipinski definition) is 4. The molecule has 1 atom stereocenters. The number of benzene rings is 1. The van der Waals surface area contributed by atoms with Crippen molar-refractivity contribution in [2.75, 3.05) is 37.7 Å². The summed E-state index contributed by atoms with van der Waals surface area (Å²) in [5, 5.41) is 2.97. The number of hydrogen-bond donors (Lipinski definition) is 1. The van der Waals surface area contributed by atoms with Crippen LogP contribution in [0.1, 0.15) is 43.1 Å². The van der Waals surface area contributed by atoms with Crippen LogP contribution in [-0.4, -0.2) is 61.6 Å². The standard InChI is InChI=1S/C20H29N3O3/c1-14(2)21-20(25)17-6-4-8-18-16(17)7-5-9-22(18)13-19(24)23-10-11-26-15(3)12-23/h4,6,8,14-15H,5,7,9-13H2,1-3H3,(H,21,25). The van der Waals surface area contributed by atoms with Crippen LogP contribution in [0.5, 0.6) is 0 Å². The third-order valence-corrected chi connectivity index (χ3v) is 4.93. The lowest BCUT2D eigenvalue weighted by molar-refractivity contribution is -0.136. The van der Waals surface area contributed by atoms with Crippen molar-refractivity contribution in [1.82, 2.24) is 10.2 Å². The lowest BCUT2D eigenvalue weighted by Crippen LogP contribution is -2.49. The van der Waals surface area contributed by atoms with Gasteiger partial charge in [0.15, 0.2) is 0 Å². The Bertz CT molecular complexity index is 674. The molecular formula is C20H29N3O3. The molecule has 0 bridgehead atoms. The number of fused-ring (bicyclic) bond motifs is 1. The highest BCUT2D eigenvalue weighted by Gasteiger charge is 2.27. The van der Waals surface area contributed by atoms with Gasteiger partial charge in [-0.05, 0) is 51.3 Å². The second-order valence-electron chi connectivity index (χ2n) is 7.48. The summed E-state index contributed by atoms with van der Waals surface area (Å²) < 4.78 is 5.53. The van der Waals surface area contributed by atoms with Crippen molar-refractivity contribution in [2.24, 2.45) is 0 Å². The van der Waals surface area contributed by atoms with E-state index >= 15 is 0 Å². The van der Waals surface area contributed by atoms with Gasteiger partial charge in [0, 0.05) is 36.9 Å². The Balaban J connectivity index is 1.76. The molecule has 0 aromatic heterocycles. The Labute approximate surface area is 155 Å². The van der Waals surface area contributed by atoms with Gasteiger partial charge in [-0.2, -0.15) is 0 Å². The van der Waals surface area contributed by atoms with Crippen LogP contribution in [0.3, 0.4) is 0 Å². The molecule has 1 saturated heterocycles. The molecule has 3 rings (SSSR count). The van der Waals surface area contributed by atoms with Gasteiger partial charge in [0.25, 0.3) is 5.91 Å². The van der Waals surface area contributed by atoms with Crippen LogP contribution in [0, 0.1) is 0 Å². The summed E-state index contributed by atoms with van der Waals surface area (Å²) in [5.74, 6) is 0.0945. The molecule has 1 unspecified atom stereocenters. The predicted molar refractivity (Wildman–Crippen MR) is 102 cm³/mol. The van der Waals surface area contributed by atoms with Gasteiger partial charge >= 0.3 is 0 Å². The van der Waals surface area contributed by atoms with E-state index in [0.29, 0.717) is 26.2 Å². The van der Waals surface area contributed by atoms with E-state index < -0.39 is 0 Å². The first-order chi connectivity index (χ1) is 12.5. The number of carbonyl (C=O) groups excluding carboxylic acids is 2. The fourth-order valence-electron chi connectivity index (χ4n) is 3.73. The van der Waals surface area contributed by atoms with E-state index in [0.717, 1.165) is 36.2 Å². The molecule has 2 heterocycles. The van der Waals surface area contributed by atoms with Gasteiger partial charge in [-0.25, -0.2) is 0 Å². The molecule has 2 aliphatic heterocycles. The van der Waals surface area contributed by atoms with Crippen molar-refractivity contribution in [2.45, 2.75) is 45.8 Å². The third kappa shape index (κ3) is 4.18. The van der Waals surface area contributed by atoms with Crippen LogP contribution >= 0.6 is 0 Å². The van der Waals surface area contributed by atoms with Gasteiger partial charge in [-0.1, -0.05) is 6.07 Å². The molecule has 26 heavy (non-hydrogen) atoms. The lowest BCUT2D eigenvalue weighted by Gasteiger charge is -2.36. The molecule has 0 aliphatic carbocycles. The smallest absolute Gasteiger partial charge is 0.251 e. The van der Waals surface area contributed by atoms with Crippen molar-refractivity contribution in [3.63, 3.8) is 0 Å². The molecule has 0 saturated carbocycles. The molecule has 0 radical (unpaired) electrons. The van der Waals surface area contributed by atoms with E-state index in [1.807, 2.05) is 43.9 Å². The number of rotatable bonds is 4. The molecule has 0 spiro atoms. The lowest BCUT2D eigenvalue weighted by atomic mass is 9.95. The maximum Gasteiger partial charge on any atom is 0.251 e. The van der Waals surface area contributed by atoms with Crippen molar-refractivity contribution in [3.05, 3.63) is 29.3 Å². The first-order valence-corrected chi connectivity index (χ1v) is 9.52. The molecule has 1 aromatic carbocycles. The van der Waals surface area contributed by atoms with E-state index in [9.17, 15) is 9.59 Å². The fourth-order valence-corrected chi connectivity index (χ4v) is 3.73. The van der Waals surface area contributed by atoms with Gasteiger partial charge in [0.1, 0.15) is 0 Å². The molecule has 1 aromatic rings. The fraction of sp³-hybridized carbons (Fsp3) is 0.600. The number of anilines is 1. The molecule has 142 valence electrons. The van der Waals surface area contributed by atoms with E-state index in [1.54, 1.807) is 0 Å². The number of nitrogens with one attached hydrogen (secondary N) is 1. The Morgan fingerprint density at radius 2 is 2.12 bits per heavy atom. The molecule has 6 nitrogen and oxygen atoms in total. The SMILES string of the molecule is CC(C)NC(=O)c1cccc2c1CCCN2CC(=O)N1CCOC(C)C1. The van der Waals surface area contributed by atoms with E-state index in [4.69, 9.17) is 4.74 Å². The zero-order valence-corrected chi connectivity index (χ0v) is 16.0. The summed E-state index contributed by atoms with van der Waals surface area (Å²) >= 11 is 0. The highest BCUT2D eigenvalue weighted by molar-refractivity contribution is 5.97. The van der Waals surface area contributed by atoms with Gasteiger partial charge in [-0.15, -0.1) is 0 Å². The maximum atomic E-state index is 12.7. The molecule has 1 fully saturated rings. The van der Waals surface area contributed by atoms with Crippen LogP contribution in [0.25, 0.3) is 0 Å². The number of amides is 2. The molecule has 2 aliphatic rings. The average Bonchev–Trinajstić information content (AvgIpc) is 2.61. The van der Waals surface area contributed by atoms with Crippen molar-refractivity contribution in [3.8, 4) is 0 Å². The first kappa shape index (κ1) is 18.7. The molecule has 1 N–H and O–H groups in total. The molecule has 6 heteroatoms. The Morgan fingerprint density at radius 3 is 2.85 bits per heavy atom. The van der Waals surface area contributed by atoms with Crippen molar-refractivity contribution in [1.29, 1.82) is 0 Å². The second kappa shape index (κ2) is 8.08. The van der Waals surface area contributed by atoms with Gasteiger partial charge in [0.05, 0.1) is 19.3 Å². The number of carbonyl (C=O) groups is 2. The minimum absolute atomic E-state index is 0.0352. The van der Waals surface area contributed by atoms with Crippen LogP contribution in [-0.2, 0) is 16.0 Å². The van der Waals surface area contributed by atoms with Crippen molar-refractivity contribution < 1.29 is 14.3 Å². The van der Waals surface area contributed by atoms with E-state index in [-0.39, 0.29) is 24.0 Å². The Kier molecular flexibility index (Phi) is 5.81. The average molecular weight is 359 g/mol. The quantitative estimate of drug-likeness (QED) is 0.891. The minimum Gasteiger partial charge on any atom is -0.375 e. The highest BCUT2D eigenvalue weighted by Crippen LogP contribution is 2.30. The third-order valence-electron chi connectivity index (χ3n) is 4.93. The summed E-state index contributed by atoms with van der Waals surface area (Å²) in [4.78, 5) is 29.3. The predicted octanol–water partition coefficient (Wildman–Crippen LogP) is 1.82.